The summed E-state index contributed by atoms with van der Waals surface area (Å²) in [5, 5.41) is 13.2. The predicted octanol–water partition coefficient (Wildman–Crippen LogP) is 7.13. The smallest absolute Gasteiger partial charge is 0.248 e. The molecule has 44 heavy (non-hydrogen) atoms. The molecule has 8 nitrogen and oxygen atoms in total. The van der Waals surface area contributed by atoms with Gasteiger partial charge in [0.05, 0.1) is 24.3 Å². The fourth-order valence-corrected chi connectivity index (χ4v) is 5.78. The van der Waals surface area contributed by atoms with E-state index in [-0.39, 0.29) is 11.7 Å². The number of ether oxygens (including phenoxy) is 2. The summed E-state index contributed by atoms with van der Waals surface area (Å²) < 4.78 is 26.3. The molecule has 4 aromatic rings. The van der Waals surface area contributed by atoms with E-state index in [1.165, 1.54) is 6.08 Å². The molecule has 9 heteroatoms. The molecule has 1 amide bonds. The summed E-state index contributed by atoms with van der Waals surface area (Å²) in [6, 6.07) is 20.0. The van der Waals surface area contributed by atoms with Gasteiger partial charge in [-0.3, -0.25) is 4.79 Å². The molecule has 0 aliphatic rings. The molecule has 0 unspecified atom stereocenters. The van der Waals surface area contributed by atoms with Crippen molar-refractivity contribution in [2.24, 2.45) is 0 Å². The molecular formula is C35H41N3O5S. The lowest BCUT2D eigenvalue weighted by atomic mass is 10.0. The summed E-state index contributed by atoms with van der Waals surface area (Å²) in [4.78, 5) is 17.7. The van der Waals surface area contributed by atoms with Gasteiger partial charge < -0.3 is 29.0 Å². The third-order valence-corrected chi connectivity index (χ3v) is 8.37. The molecule has 1 aromatic heterocycles. The number of aromatic nitrogens is 2. The van der Waals surface area contributed by atoms with Crippen LogP contribution in [0.3, 0.4) is 0 Å². The van der Waals surface area contributed by atoms with Crippen LogP contribution in [0.15, 0.2) is 84.0 Å². The molecule has 0 aliphatic heterocycles. The van der Waals surface area contributed by atoms with Crippen molar-refractivity contribution < 1.29 is 23.9 Å². The minimum Gasteiger partial charge on any atom is -0.611 e. The molecule has 0 aliphatic carbocycles. The summed E-state index contributed by atoms with van der Waals surface area (Å²) in [6.45, 7) is 8.81. The van der Waals surface area contributed by atoms with E-state index >= 15 is 0 Å². The summed E-state index contributed by atoms with van der Waals surface area (Å²) in [5.74, 6) is 0.873. The second-order valence-corrected chi connectivity index (χ2v) is 11.9. The van der Waals surface area contributed by atoms with Crippen LogP contribution >= 0.6 is 0 Å². The molecular weight excluding hydrogens is 574 g/mol. The van der Waals surface area contributed by atoms with Gasteiger partial charge in [0.25, 0.3) is 0 Å². The van der Waals surface area contributed by atoms with E-state index in [9.17, 15) is 14.5 Å². The summed E-state index contributed by atoms with van der Waals surface area (Å²) in [6.07, 6.45) is 7.89. The van der Waals surface area contributed by atoms with Crippen LogP contribution in [0.1, 0.15) is 50.1 Å². The Morgan fingerprint density at radius 2 is 1.75 bits per heavy atom. The maximum absolute atomic E-state index is 13.0. The number of hydrogen-bond acceptors (Lipinski definition) is 6. The van der Waals surface area contributed by atoms with Crippen molar-refractivity contribution in [3.8, 4) is 22.6 Å². The van der Waals surface area contributed by atoms with Crippen LogP contribution in [0, 0.1) is 6.92 Å². The van der Waals surface area contributed by atoms with Crippen LogP contribution < -0.4 is 10.1 Å². The first-order valence-electron chi connectivity index (χ1n) is 15.0. The van der Waals surface area contributed by atoms with Crippen molar-refractivity contribution in [3.63, 3.8) is 0 Å². The van der Waals surface area contributed by atoms with E-state index in [1.807, 2.05) is 43.3 Å². The van der Waals surface area contributed by atoms with E-state index < -0.39 is 11.2 Å². The number of anilines is 1. The van der Waals surface area contributed by atoms with Crippen LogP contribution in [-0.2, 0) is 33.0 Å². The van der Waals surface area contributed by atoms with Gasteiger partial charge in [-0.2, -0.15) is 0 Å². The van der Waals surface area contributed by atoms with Crippen molar-refractivity contribution >= 4 is 28.8 Å². The molecule has 0 fully saturated rings. The molecule has 2 N–H and O–H groups in total. The van der Waals surface area contributed by atoms with Crippen LogP contribution in [0.2, 0.25) is 0 Å². The lowest BCUT2D eigenvalue weighted by molar-refractivity contribution is -0.111. The zero-order chi connectivity index (χ0) is 31.3. The number of carbonyl (C=O) groups excluding carboxylic acids is 1. The molecule has 0 saturated heterocycles. The standard InChI is InChI=1S/C35H41N3O5S/c1-4-6-20-42-21-22-43-31-13-7-27(8-14-31)28-9-17-34(39)29(23-28)10-18-35(40)37-30-11-15-32(16-12-30)44(41)24-33-26(3)36-25-38(33)19-5-2/h7-18,23,25,39H,4-6,19-22,24H2,1-3H3,(H,37,40)/b18-10+/t44-/m0/s1. The van der Waals surface area contributed by atoms with Crippen molar-refractivity contribution in [2.75, 3.05) is 25.1 Å². The zero-order valence-electron chi connectivity index (χ0n) is 25.6. The minimum absolute atomic E-state index is 0.0724. The van der Waals surface area contributed by atoms with Gasteiger partial charge in [-0.1, -0.05) is 38.5 Å². The Bertz CT molecular complexity index is 1520. The lowest BCUT2D eigenvalue weighted by Crippen LogP contribution is -2.11. The third-order valence-electron chi connectivity index (χ3n) is 7.04. The number of phenolic OH excluding ortho intramolecular Hbond substituents is 1. The molecule has 3 aromatic carbocycles. The average molecular weight is 616 g/mol. The molecule has 0 bridgehead atoms. The van der Waals surface area contributed by atoms with Crippen molar-refractivity contribution in [3.05, 3.63) is 96.1 Å². The fraction of sp³-hybridized carbons (Fsp3) is 0.314. The van der Waals surface area contributed by atoms with Gasteiger partial charge in [0.1, 0.15) is 18.1 Å². The molecule has 0 saturated carbocycles. The van der Waals surface area contributed by atoms with Gasteiger partial charge in [0.15, 0.2) is 10.6 Å². The molecule has 232 valence electrons. The number of aromatic hydroxyl groups is 1. The van der Waals surface area contributed by atoms with E-state index in [2.05, 4.69) is 28.7 Å². The highest BCUT2D eigenvalue weighted by Gasteiger charge is 2.18. The molecule has 0 spiro atoms. The van der Waals surface area contributed by atoms with Gasteiger partial charge in [-0.15, -0.1) is 0 Å². The van der Waals surface area contributed by atoms with Crippen LogP contribution in [-0.4, -0.2) is 44.9 Å². The van der Waals surface area contributed by atoms with Gasteiger partial charge in [0.2, 0.25) is 5.91 Å². The number of amides is 1. The van der Waals surface area contributed by atoms with Crippen molar-refractivity contribution in [1.29, 1.82) is 0 Å². The second-order valence-electron chi connectivity index (χ2n) is 10.4. The fourth-order valence-electron chi connectivity index (χ4n) is 4.55. The highest BCUT2D eigenvalue weighted by Crippen LogP contribution is 2.28. The van der Waals surface area contributed by atoms with E-state index in [1.54, 1.807) is 42.7 Å². The Balaban J connectivity index is 1.31. The number of nitrogens with zero attached hydrogens (tertiary/aromatic N) is 2. The Hall–Kier alpha value is -4.05. The number of unbranched alkanes of at least 4 members (excludes halogenated alkanes) is 1. The maximum atomic E-state index is 13.0. The average Bonchev–Trinajstić information content (AvgIpc) is 3.37. The van der Waals surface area contributed by atoms with Gasteiger partial charge in [0, 0.05) is 30.5 Å². The Labute approximate surface area is 262 Å². The number of nitrogens with one attached hydrogen (secondary N) is 1. The Morgan fingerprint density at radius 1 is 1.00 bits per heavy atom. The van der Waals surface area contributed by atoms with Crippen LogP contribution in [0.4, 0.5) is 5.69 Å². The van der Waals surface area contributed by atoms with Crippen molar-refractivity contribution in [2.45, 2.75) is 57.2 Å². The number of phenols is 1. The van der Waals surface area contributed by atoms with Gasteiger partial charge in [-0.25, -0.2) is 4.98 Å². The molecule has 0 radical (unpaired) electrons. The van der Waals surface area contributed by atoms with E-state index in [0.29, 0.717) is 35.1 Å². The Morgan fingerprint density at radius 3 is 2.48 bits per heavy atom. The third kappa shape index (κ3) is 9.47. The van der Waals surface area contributed by atoms with Crippen LogP contribution in [0.25, 0.3) is 17.2 Å². The van der Waals surface area contributed by atoms with Crippen molar-refractivity contribution in [1.82, 2.24) is 9.55 Å². The number of carbonyl (C=O) groups is 1. The monoisotopic (exact) mass is 615 g/mol. The summed E-state index contributed by atoms with van der Waals surface area (Å²) in [7, 11) is 0. The number of rotatable bonds is 16. The second kappa shape index (κ2) is 16.7. The highest BCUT2D eigenvalue weighted by molar-refractivity contribution is 7.90. The SMILES string of the molecule is CCCCOCCOc1ccc(-c2ccc(O)c(/C=C/C(=O)Nc3ccc([S@@+]([O-])Cc4c(C)ncn4CCC)cc3)c2)cc1. The quantitative estimate of drug-likeness (QED) is 0.0789. The highest BCUT2D eigenvalue weighted by atomic mass is 32.2. The van der Waals surface area contributed by atoms with Crippen LogP contribution in [0.5, 0.6) is 11.5 Å². The first-order chi connectivity index (χ1) is 21.4. The van der Waals surface area contributed by atoms with Gasteiger partial charge >= 0.3 is 0 Å². The normalized spacial score (nSPS) is 12.0. The topological polar surface area (TPSA) is 109 Å². The minimum atomic E-state index is -1.24. The maximum Gasteiger partial charge on any atom is 0.248 e. The number of benzene rings is 3. The number of hydrogen-bond donors (Lipinski definition) is 2. The zero-order valence-corrected chi connectivity index (χ0v) is 26.4. The first-order valence-corrected chi connectivity index (χ1v) is 16.3. The summed E-state index contributed by atoms with van der Waals surface area (Å²) in [5.41, 5.74) is 4.82. The Kier molecular flexibility index (Phi) is 12.5. The molecule has 1 heterocycles. The number of aryl methyl sites for hydroxylation is 2. The lowest BCUT2D eigenvalue weighted by Gasteiger charge is -2.13. The largest absolute Gasteiger partial charge is 0.611 e. The molecule has 4 rings (SSSR count). The first kappa shape index (κ1) is 32.9. The number of imidazole rings is 1. The predicted molar refractivity (Wildman–Crippen MR) is 176 cm³/mol. The molecule has 1 atom stereocenters. The van der Waals surface area contributed by atoms with E-state index in [0.717, 1.165) is 60.7 Å². The van der Waals surface area contributed by atoms with Gasteiger partial charge in [-0.05, 0) is 96.7 Å². The van der Waals surface area contributed by atoms with E-state index in [4.69, 9.17) is 9.47 Å². The summed E-state index contributed by atoms with van der Waals surface area (Å²) >= 11 is -1.24.